The lowest BCUT2D eigenvalue weighted by molar-refractivity contribution is 0.376. The third-order valence-corrected chi connectivity index (χ3v) is 3.23. The minimum atomic E-state index is -1.37. The predicted molar refractivity (Wildman–Crippen MR) is 56.8 cm³/mol. The van der Waals surface area contributed by atoms with E-state index in [2.05, 4.69) is 5.32 Å². The van der Waals surface area contributed by atoms with Crippen molar-refractivity contribution < 1.29 is 13.2 Å². The molecule has 2 rings (SSSR count). The van der Waals surface area contributed by atoms with Crippen LogP contribution >= 0.6 is 0 Å². The summed E-state index contributed by atoms with van der Waals surface area (Å²) in [4.78, 5) is 0. The first-order chi connectivity index (χ1) is 7.50. The van der Waals surface area contributed by atoms with Crippen LogP contribution in [0.3, 0.4) is 0 Å². The van der Waals surface area contributed by atoms with Gasteiger partial charge in [0.05, 0.1) is 0 Å². The van der Waals surface area contributed by atoms with Crippen LogP contribution in [-0.4, -0.2) is 6.54 Å². The maximum absolute atomic E-state index is 13.5. The highest BCUT2D eigenvalue weighted by Gasteiger charge is 2.26. The summed E-state index contributed by atoms with van der Waals surface area (Å²) in [7, 11) is 0. The molecule has 1 heterocycles. The van der Waals surface area contributed by atoms with Crippen molar-refractivity contribution in [1.82, 2.24) is 0 Å². The van der Waals surface area contributed by atoms with E-state index >= 15 is 0 Å². The smallest absolute Gasteiger partial charge is 0.194 e. The molecule has 16 heavy (non-hydrogen) atoms. The third-order valence-electron chi connectivity index (χ3n) is 3.23. The molecule has 0 amide bonds. The first-order valence-electron chi connectivity index (χ1n) is 5.41. The second-order valence-electron chi connectivity index (χ2n) is 4.60. The van der Waals surface area contributed by atoms with Crippen molar-refractivity contribution in [2.24, 2.45) is 11.8 Å². The topological polar surface area (TPSA) is 12.0 Å². The van der Waals surface area contributed by atoms with Gasteiger partial charge in [-0.25, -0.2) is 13.2 Å². The van der Waals surface area contributed by atoms with E-state index in [0.29, 0.717) is 24.6 Å². The van der Waals surface area contributed by atoms with Crippen molar-refractivity contribution in [2.75, 3.05) is 11.9 Å². The SMILES string of the molecule is CC(C)C1CNc2cc(F)c(F)c(F)c2C1. The third kappa shape index (κ3) is 1.77. The molecule has 1 atom stereocenters. The Balaban J connectivity index is 2.41. The van der Waals surface area contributed by atoms with E-state index in [9.17, 15) is 13.2 Å². The van der Waals surface area contributed by atoms with Crippen LogP contribution in [0.15, 0.2) is 6.07 Å². The average Bonchev–Trinajstić information content (AvgIpc) is 2.25. The van der Waals surface area contributed by atoms with Gasteiger partial charge in [-0.3, -0.25) is 0 Å². The second kappa shape index (κ2) is 4.00. The molecule has 0 bridgehead atoms. The number of halogens is 3. The summed E-state index contributed by atoms with van der Waals surface area (Å²) in [5.41, 5.74) is 0.650. The molecule has 0 saturated carbocycles. The highest BCUT2D eigenvalue weighted by Crippen LogP contribution is 2.32. The Hall–Kier alpha value is -1.19. The largest absolute Gasteiger partial charge is 0.384 e. The van der Waals surface area contributed by atoms with Crippen molar-refractivity contribution in [3.8, 4) is 0 Å². The molecule has 1 aromatic rings. The molecule has 0 aliphatic carbocycles. The summed E-state index contributed by atoms with van der Waals surface area (Å²) in [5, 5.41) is 2.96. The standard InChI is InChI=1S/C12H14F3N/c1-6(2)7-3-8-10(16-5-7)4-9(13)12(15)11(8)14/h4,6-7,16H,3,5H2,1-2H3. The van der Waals surface area contributed by atoms with Gasteiger partial charge in [0.15, 0.2) is 17.5 Å². The molecule has 88 valence electrons. The highest BCUT2D eigenvalue weighted by atomic mass is 19.2. The number of hydrogen-bond donors (Lipinski definition) is 1. The molecule has 1 aliphatic rings. The van der Waals surface area contributed by atoms with Gasteiger partial charge in [0.1, 0.15) is 0 Å². The normalized spacial score (nSPS) is 19.5. The van der Waals surface area contributed by atoms with Crippen molar-refractivity contribution in [3.63, 3.8) is 0 Å². The molecule has 0 saturated heterocycles. The van der Waals surface area contributed by atoms with Gasteiger partial charge in [-0.05, 0) is 18.3 Å². The summed E-state index contributed by atoms with van der Waals surface area (Å²) in [6.07, 6.45) is 0.461. The van der Waals surface area contributed by atoms with Crippen LogP contribution in [0.25, 0.3) is 0 Å². The fraction of sp³-hybridized carbons (Fsp3) is 0.500. The number of hydrogen-bond acceptors (Lipinski definition) is 1. The van der Waals surface area contributed by atoms with Crippen LogP contribution in [0.4, 0.5) is 18.9 Å². The Morgan fingerprint density at radius 3 is 2.56 bits per heavy atom. The van der Waals surface area contributed by atoms with Gasteiger partial charge in [0.2, 0.25) is 0 Å². The Morgan fingerprint density at radius 1 is 1.25 bits per heavy atom. The molecular weight excluding hydrogens is 215 g/mol. The number of fused-ring (bicyclic) bond motifs is 1. The molecule has 1 N–H and O–H groups in total. The van der Waals surface area contributed by atoms with E-state index in [1.54, 1.807) is 0 Å². The van der Waals surface area contributed by atoms with E-state index in [0.717, 1.165) is 6.07 Å². The summed E-state index contributed by atoms with van der Waals surface area (Å²) in [6.45, 7) is 4.75. The van der Waals surface area contributed by atoms with E-state index in [-0.39, 0.29) is 11.5 Å². The number of anilines is 1. The van der Waals surface area contributed by atoms with Gasteiger partial charge in [0, 0.05) is 23.9 Å². The van der Waals surface area contributed by atoms with Crippen molar-refractivity contribution in [1.29, 1.82) is 0 Å². The quantitative estimate of drug-likeness (QED) is 0.728. The van der Waals surface area contributed by atoms with Crippen LogP contribution < -0.4 is 5.32 Å². The Labute approximate surface area is 92.7 Å². The summed E-state index contributed by atoms with van der Waals surface area (Å²) < 4.78 is 39.6. The maximum atomic E-state index is 13.5. The van der Waals surface area contributed by atoms with E-state index < -0.39 is 17.5 Å². The second-order valence-corrected chi connectivity index (χ2v) is 4.60. The lowest BCUT2D eigenvalue weighted by Gasteiger charge is -2.29. The van der Waals surface area contributed by atoms with Crippen molar-refractivity contribution in [3.05, 3.63) is 29.1 Å². The molecule has 0 fully saturated rings. The lowest BCUT2D eigenvalue weighted by Crippen LogP contribution is -2.28. The fourth-order valence-corrected chi connectivity index (χ4v) is 2.04. The van der Waals surface area contributed by atoms with Crippen LogP contribution in [0, 0.1) is 29.3 Å². The molecule has 0 spiro atoms. The van der Waals surface area contributed by atoms with Crippen LogP contribution in [0.1, 0.15) is 19.4 Å². The van der Waals surface area contributed by atoms with Gasteiger partial charge in [-0.15, -0.1) is 0 Å². The molecule has 0 aromatic heterocycles. The number of rotatable bonds is 1. The van der Waals surface area contributed by atoms with Gasteiger partial charge < -0.3 is 5.32 Å². The van der Waals surface area contributed by atoms with Crippen molar-refractivity contribution in [2.45, 2.75) is 20.3 Å². The molecule has 1 unspecified atom stereocenters. The average molecular weight is 229 g/mol. The summed E-state index contributed by atoms with van der Waals surface area (Å²) in [5.74, 6) is -2.91. The van der Waals surface area contributed by atoms with E-state index in [4.69, 9.17) is 0 Å². The summed E-state index contributed by atoms with van der Waals surface area (Å²) >= 11 is 0. The fourth-order valence-electron chi connectivity index (χ4n) is 2.04. The minimum absolute atomic E-state index is 0.256. The van der Waals surface area contributed by atoms with Gasteiger partial charge in [0.25, 0.3) is 0 Å². The molecule has 1 aliphatic heterocycles. The predicted octanol–water partition coefficient (Wildman–Crippen LogP) is 3.34. The monoisotopic (exact) mass is 229 g/mol. The number of benzene rings is 1. The van der Waals surface area contributed by atoms with Gasteiger partial charge in [-0.2, -0.15) is 0 Å². The zero-order chi connectivity index (χ0) is 11.9. The Morgan fingerprint density at radius 2 is 1.94 bits per heavy atom. The highest BCUT2D eigenvalue weighted by molar-refractivity contribution is 5.54. The van der Waals surface area contributed by atoms with Crippen LogP contribution in [0.5, 0.6) is 0 Å². The first kappa shape index (κ1) is 11.3. The molecule has 0 radical (unpaired) electrons. The molecule has 4 heteroatoms. The zero-order valence-corrected chi connectivity index (χ0v) is 9.28. The number of nitrogens with one attached hydrogen (secondary N) is 1. The van der Waals surface area contributed by atoms with Crippen molar-refractivity contribution >= 4 is 5.69 Å². The lowest BCUT2D eigenvalue weighted by atomic mass is 9.85. The zero-order valence-electron chi connectivity index (χ0n) is 9.28. The maximum Gasteiger partial charge on any atom is 0.194 e. The van der Waals surface area contributed by atoms with E-state index in [1.807, 2.05) is 13.8 Å². The summed E-state index contributed by atoms with van der Waals surface area (Å²) in [6, 6.07) is 1.03. The first-order valence-corrected chi connectivity index (χ1v) is 5.41. The molecular formula is C12H14F3N. The Kier molecular flexibility index (Phi) is 2.82. The van der Waals surface area contributed by atoms with Gasteiger partial charge in [-0.1, -0.05) is 13.8 Å². The van der Waals surface area contributed by atoms with Gasteiger partial charge >= 0.3 is 0 Å². The minimum Gasteiger partial charge on any atom is -0.384 e. The molecule has 1 aromatic carbocycles. The van der Waals surface area contributed by atoms with Crippen LogP contribution in [0.2, 0.25) is 0 Å². The van der Waals surface area contributed by atoms with E-state index in [1.165, 1.54) is 0 Å². The Bertz CT molecular complexity index is 415. The van der Waals surface area contributed by atoms with Crippen LogP contribution in [-0.2, 0) is 6.42 Å². The molecule has 1 nitrogen and oxygen atoms in total.